The molecule has 78 valence electrons. The molecule has 0 unspecified atom stereocenters. The summed E-state index contributed by atoms with van der Waals surface area (Å²) in [4.78, 5) is 0.999. The number of nitrogens with two attached hydrogens (primary N) is 1. The smallest absolute Gasteiger partial charge is 0.0340 e. The van der Waals surface area contributed by atoms with Crippen LogP contribution in [0.25, 0.3) is 0 Å². The van der Waals surface area contributed by atoms with E-state index in [0.717, 1.165) is 30.1 Å². The molecule has 0 atom stereocenters. The van der Waals surface area contributed by atoms with Gasteiger partial charge in [0.05, 0.1) is 0 Å². The summed E-state index contributed by atoms with van der Waals surface area (Å²) in [5, 5.41) is 3.36. The lowest BCUT2D eigenvalue weighted by molar-refractivity contribution is 0.707. The van der Waals surface area contributed by atoms with Crippen LogP contribution >= 0.6 is 12.6 Å². The number of hydrogen-bond donors (Lipinski definition) is 3. The highest BCUT2D eigenvalue weighted by Crippen LogP contribution is 2.11. The van der Waals surface area contributed by atoms with Gasteiger partial charge in [-0.3, -0.25) is 0 Å². The third-order valence-corrected chi connectivity index (χ3v) is 2.38. The highest BCUT2D eigenvalue weighted by molar-refractivity contribution is 7.80. The van der Waals surface area contributed by atoms with Crippen LogP contribution in [0.1, 0.15) is 19.3 Å². The second kappa shape index (κ2) is 6.74. The Morgan fingerprint density at radius 3 is 2.43 bits per heavy atom. The fourth-order valence-corrected chi connectivity index (χ4v) is 1.41. The van der Waals surface area contributed by atoms with Gasteiger partial charge in [0, 0.05) is 17.1 Å². The summed E-state index contributed by atoms with van der Waals surface area (Å²) >= 11 is 4.23. The Balaban J connectivity index is 2.15. The van der Waals surface area contributed by atoms with E-state index in [2.05, 4.69) is 17.9 Å². The van der Waals surface area contributed by atoms with E-state index < -0.39 is 0 Å². The van der Waals surface area contributed by atoms with Crippen LogP contribution in [0.5, 0.6) is 0 Å². The lowest BCUT2D eigenvalue weighted by Crippen LogP contribution is -2.03. The highest BCUT2D eigenvalue weighted by Gasteiger charge is 1.91. The Morgan fingerprint density at radius 1 is 1.07 bits per heavy atom. The van der Waals surface area contributed by atoms with Crippen molar-refractivity contribution in [2.45, 2.75) is 24.2 Å². The zero-order chi connectivity index (χ0) is 10.2. The lowest BCUT2D eigenvalue weighted by Gasteiger charge is -2.05. The zero-order valence-corrected chi connectivity index (χ0v) is 9.26. The summed E-state index contributed by atoms with van der Waals surface area (Å²) in [7, 11) is 0. The molecule has 0 saturated heterocycles. The SMILES string of the molecule is NCCCCCNc1ccc(S)cc1. The summed E-state index contributed by atoms with van der Waals surface area (Å²) in [5.41, 5.74) is 6.57. The van der Waals surface area contributed by atoms with Crippen molar-refractivity contribution in [1.82, 2.24) is 0 Å². The number of rotatable bonds is 6. The molecule has 0 heterocycles. The maximum Gasteiger partial charge on any atom is 0.0340 e. The Bertz CT molecular complexity index is 246. The summed E-state index contributed by atoms with van der Waals surface area (Å²) in [6.07, 6.45) is 3.51. The van der Waals surface area contributed by atoms with Gasteiger partial charge in [0.15, 0.2) is 0 Å². The van der Waals surface area contributed by atoms with Crippen molar-refractivity contribution in [1.29, 1.82) is 0 Å². The van der Waals surface area contributed by atoms with Crippen LogP contribution in [-0.2, 0) is 0 Å². The fraction of sp³-hybridized carbons (Fsp3) is 0.455. The van der Waals surface area contributed by atoms with Crippen molar-refractivity contribution in [2.75, 3.05) is 18.4 Å². The van der Waals surface area contributed by atoms with Gasteiger partial charge in [-0.15, -0.1) is 12.6 Å². The minimum atomic E-state index is 0.800. The van der Waals surface area contributed by atoms with Gasteiger partial charge >= 0.3 is 0 Å². The Labute approximate surface area is 91.3 Å². The summed E-state index contributed by atoms with van der Waals surface area (Å²) in [6.45, 7) is 1.82. The van der Waals surface area contributed by atoms with Crippen LogP contribution < -0.4 is 11.1 Å². The molecule has 0 aliphatic heterocycles. The van der Waals surface area contributed by atoms with Gasteiger partial charge in [-0.05, 0) is 43.7 Å². The van der Waals surface area contributed by atoms with E-state index in [1.165, 1.54) is 12.8 Å². The zero-order valence-electron chi connectivity index (χ0n) is 8.37. The van der Waals surface area contributed by atoms with Crippen LogP contribution in [-0.4, -0.2) is 13.1 Å². The van der Waals surface area contributed by atoms with E-state index in [9.17, 15) is 0 Å². The monoisotopic (exact) mass is 210 g/mol. The Kier molecular flexibility index (Phi) is 5.49. The number of anilines is 1. The number of hydrogen-bond acceptors (Lipinski definition) is 3. The fourth-order valence-electron chi connectivity index (χ4n) is 1.26. The van der Waals surface area contributed by atoms with Gasteiger partial charge in [0.1, 0.15) is 0 Å². The van der Waals surface area contributed by atoms with E-state index in [1.807, 2.05) is 24.3 Å². The van der Waals surface area contributed by atoms with Crippen LogP contribution in [0.15, 0.2) is 29.2 Å². The maximum absolute atomic E-state index is 5.41. The van der Waals surface area contributed by atoms with Crippen molar-refractivity contribution in [2.24, 2.45) is 5.73 Å². The van der Waals surface area contributed by atoms with Crippen LogP contribution in [0.3, 0.4) is 0 Å². The Morgan fingerprint density at radius 2 is 1.79 bits per heavy atom. The predicted molar refractivity (Wildman–Crippen MR) is 65.1 cm³/mol. The largest absolute Gasteiger partial charge is 0.385 e. The van der Waals surface area contributed by atoms with E-state index in [-0.39, 0.29) is 0 Å². The summed E-state index contributed by atoms with van der Waals surface area (Å²) in [5.74, 6) is 0. The first-order valence-electron chi connectivity index (χ1n) is 5.06. The number of unbranched alkanes of at least 4 members (excludes halogenated alkanes) is 2. The predicted octanol–water partition coefficient (Wildman–Crippen LogP) is 2.52. The van der Waals surface area contributed by atoms with Gasteiger partial charge in [0.2, 0.25) is 0 Å². The molecule has 1 rings (SSSR count). The molecular weight excluding hydrogens is 192 g/mol. The van der Waals surface area contributed by atoms with Crippen molar-refractivity contribution >= 4 is 18.3 Å². The van der Waals surface area contributed by atoms with Crippen LogP contribution in [0.2, 0.25) is 0 Å². The van der Waals surface area contributed by atoms with Crippen molar-refractivity contribution in [3.63, 3.8) is 0 Å². The molecule has 0 bridgehead atoms. The topological polar surface area (TPSA) is 38.0 Å². The van der Waals surface area contributed by atoms with E-state index in [4.69, 9.17) is 5.73 Å². The van der Waals surface area contributed by atoms with Crippen molar-refractivity contribution in [3.05, 3.63) is 24.3 Å². The second-order valence-electron chi connectivity index (χ2n) is 3.32. The molecule has 0 aliphatic rings. The molecule has 2 nitrogen and oxygen atoms in total. The molecule has 3 N–H and O–H groups in total. The molecule has 0 spiro atoms. The number of benzene rings is 1. The average Bonchev–Trinajstić information content (AvgIpc) is 2.21. The molecule has 14 heavy (non-hydrogen) atoms. The van der Waals surface area contributed by atoms with Crippen LogP contribution in [0.4, 0.5) is 5.69 Å². The molecule has 0 radical (unpaired) electrons. The molecule has 1 aromatic carbocycles. The molecule has 3 heteroatoms. The van der Waals surface area contributed by atoms with Gasteiger partial charge in [-0.1, -0.05) is 6.42 Å². The number of thiol groups is 1. The first-order chi connectivity index (χ1) is 6.83. The average molecular weight is 210 g/mol. The molecular formula is C11H18N2S. The van der Waals surface area contributed by atoms with E-state index >= 15 is 0 Å². The summed E-state index contributed by atoms with van der Waals surface area (Å²) in [6, 6.07) is 8.08. The van der Waals surface area contributed by atoms with Gasteiger partial charge in [-0.2, -0.15) is 0 Å². The lowest BCUT2D eigenvalue weighted by atomic mass is 10.2. The quantitative estimate of drug-likeness (QED) is 0.498. The van der Waals surface area contributed by atoms with E-state index in [0.29, 0.717) is 0 Å². The van der Waals surface area contributed by atoms with Gasteiger partial charge in [-0.25, -0.2) is 0 Å². The van der Waals surface area contributed by atoms with Gasteiger partial charge in [0.25, 0.3) is 0 Å². The third kappa shape index (κ3) is 4.53. The van der Waals surface area contributed by atoms with Gasteiger partial charge < -0.3 is 11.1 Å². The third-order valence-electron chi connectivity index (χ3n) is 2.08. The molecule has 1 aromatic rings. The summed E-state index contributed by atoms with van der Waals surface area (Å²) < 4.78 is 0. The standard InChI is InChI=1S/C11H18N2S/c12-8-2-1-3-9-13-10-4-6-11(14)7-5-10/h4-7,13-14H,1-3,8-9,12H2. The minimum Gasteiger partial charge on any atom is -0.385 e. The first-order valence-corrected chi connectivity index (χ1v) is 5.50. The van der Waals surface area contributed by atoms with Crippen molar-refractivity contribution < 1.29 is 0 Å². The number of nitrogens with one attached hydrogen (secondary N) is 1. The minimum absolute atomic E-state index is 0.800. The highest BCUT2D eigenvalue weighted by atomic mass is 32.1. The van der Waals surface area contributed by atoms with E-state index in [1.54, 1.807) is 0 Å². The molecule has 0 amide bonds. The Hall–Kier alpha value is -0.670. The maximum atomic E-state index is 5.41. The first kappa shape index (κ1) is 11.4. The normalized spacial score (nSPS) is 10.1. The van der Waals surface area contributed by atoms with Crippen molar-refractivity contribution in [3.8, 4) is 0 Å². The van der Waals surface area contributed by atoms with Crippen LogP contribution in [0, 0.1) is 0 Å². The molecule has 0 fully saturated rings. The molecule has 0 aromatic heterocycles. The molecule has 0 saturated carbocycles. The molecule has 0 aliphatic carbocycles. The second-order valence-corrected chi connectivity index (χ2v) is 3.84.